The van der Waals surface area contributed by atoms with E-state index in [0.717, 1.165) is 45.4 Å². The van der Waals surface area contributed by atoms with Gasteiger partial charge in [-0.1, -0.05) is 0 Å². The molecule has 0 aromatic rings. The lowest BCUT2D eigenvalue weighted by Crippen LogP contribution is -2.48. The van der Waals surface area contributed by atoms with Crippen LogP contribution in [0.5, 0.6) is 0 Å². The number of amides is 1. The van der Waals surface area contributed by atoms with E-state index in [-0.39, 0.29) is 12.0 Å². The van der Waals surface area contributed by atoms with Crippen molar-refractivity contribution in [2.75, 3.05) is 19.7 Å². The molecule has 2 aliphatic heterocycles. The first-order valence-electron chi connectivity index (χ1n) is 6.51. The summed E-state index contributed by atoms with van der Waals surface area (Å²) in [5.41, 5.74) is 0. The Morgan fingerprint density at radius 3 is 2.65 bits per heavy atom. The molecular weight excluding hydrogens is 236 g/mol. The van der Waals surface area contributed by atoms with Gasteiger partial charge in [-0.25, -0.2) is 0 Å². The van der Waals surface area contributed by atoms with Crippen LogP contribution in [0.2, 0.25) is 0 Å². The van der Waals surface area contributed by atoms with Gasteiger partial charge in [0.1, 0.15) is 6.10 Å². The lowest BCUT2D eigenvalue weighted by Gasteiger charge is -2.34. The van der Waals surface area contributed by atoms with E-state index < -0.39 is 0 Å². The fraction of sp³-hybridized carbons (Fsp3) is 0.917. The zero-order valence-corrected chi connectivity index (χ0v) is 11.3. The molecule has 0 aromatic carbocycles. The second kappa shape index (κ2) is 6.07. The van der Waals surface area contributed by atoms with Gasteiger partial charge in [-0.2, -0.15) is 12.6 Å². The van der Waals surface area contributed by atoms with E-state index in [1.165, 1.54) is 0 Å². The molecule has 2 aliphatic rings. The third-order valence-electron chi connectivity index (χ3n) is 3.63. The second-order valence-electron chi connectivity index (χ2n) is 4.95. The van der Waals surface area contributed by atoms with Crippen molar-refractivity contribution < 1.29 is 9.53 Å². The summed E-state index contributed by atoms with van der Waals surface area (Å²) in [5.74, 6) is 0.0832. The van der Waals surface area contributed by atoms with Crippen LogP contribution in [0.1, 0.15) is 32.6 Å². The predicted molar refractivity (Wildman–Crippen MR) is 70.2 cm³/mol. The molecule has 0 aliphatic carbocycles. The molecule has 5 heteroatoms. The fourth-order valence-corrected chi connectivity index (χ4v) is 2.73. The Balaban J connectivity index is 1.72. The number of nitrogens with one attached hydrogen (secondary N) is 1. The Kier molecular flexibility index (Phi) is 4.70. The topological polar surface area (TPSA) is 41.6 Å². The third-order valence-corrected chi connectivity index (χ3v) is 3.95. The van der Waals surface area contributed by atoms with Crippen LogP contribution in [0.4, 0.5) is 0 Å². The van der Waals surface area contributed by atoms with Gasteiger partial charge in [0.15, 0.2) is 0 Å². The maximum atomic E-state index is 11.9. The van der Waals surface area contributed by atoms with Gasteiger partial charge in [-0.3, -0.25) is 9.69 Å². The maximum Gasteiger partial charge on any atom is 0.249 e. The Hall–Kier alpha value is -0.260. The molecule has 0 bridgehead atoms. The second-order valence-corrected chi connectivity index (χ2v) is 5.70. The van der Waals surface area contributed by atoms with E-state index in [2.05, 4.69) is 29.8 Å². The molecule has 98 valence electrons. The normalized spacial score (nSPS) is 29.2. The summed E-state index contributed by atoms with van der Waals surface area (Å²) >= 11 is 4.43. The molecule has 0 radical (unpaired) electrons. The number of rotatable bonds is 3. The average Bonchev–Trinajstić information content (AvgIpc) is 2.83. The van der Waals surface area contributed by atoms with Gasteiger partial charge in [0, 0.05) is 31.1 Å². The molecule has 2 fully saturated rings. The summed E-state index contributed by atoms with van der Waals surface area (Å²) < 4.78 is 5.38. The number of carbonyl (C=O) groups excluding carboxylic acids is 1. The molecule has 2 atom stereocenters. The standard InChI is InChI=1S/C12H22N2O2S/c1-9(17)14-6-4-10(5-7-14)13-12(15)11-3-2-8-16-11/h9-11,17H,2-8H2,1H3,(H,13,15). The number of thiol groups is 1. The largest absolute Gasteiger partial charge is 0.368 e. The van der Waals surface area contributed by atoms with Gasteiger partial charge < -0.3 is 10.1 Å². The van der Waals surface area contributed by atoms with E-state index in [1.807, 2.05) is 0 Å². The van der Waals surface area contributed by atoms with Crippen molar-refractivity contribution in [3.63, 3.8) is 0 Å². The monoisotopic (exact) mass is 258 g/mol. The molecule has 0 spiro atoms. The number of ether oxygens (including phenoxy) is 1. The van der Waals surface area contributed by atoms with E-state index in [4.69, 9.17) is 4.74 Å². The highest BCUT2D eigenvalue weighted by Crippen LogP contribution is 2.16. The first-order valence-corrected chi connectivity index (χ1v) is 7.02. The molecule has 2 rings (SSSR count). The summed E-state index contributed by atoms with van der Waals surface area (Å²) in [5, 5.41) is 3.41. The zero-order valence-electron chi connectivity index (χ0n) is 10.4. The van der Waals surface area contributed by atoms with Crippen LogP contribution >= 0.6 is 12.6 Å². The minimum atomic E-state index is -0.197. The molecule has 2 heterocycles. The van der Waals surface area contributed by atoms with Crippen LogP contribution in [-0.2, 0) is 9.53 Å². The van der Waals surface area contributed by atoms with Crippen LogP contribution in [0.15, 0.2) is 0 Å². The molecule has 0 saturated carbocycles. The van der Waals surface area contributed by atoms with Crippen molar-refractivity contribution >= 4 is 18.5 Å². The van der Waals surface area contributed by atoms with E-state index in [9.17, 15) is 4.79 Å². The van der Waals surface area contributed by atoms with E-state index >= 15 is 0 Å². The first-order chi connectivity index (χ1) is 8.16. The van der Waals surface area contributed by atoms with Gasteiger partial charge in [0.05, 0.1) is 0 Å². The minimum absolute atomic E-state index is 0.0832. The van der Waals surface area contributed by atoms with Crippen LogP contribution in [0.3, 0.4) is 0 Å². The molecule has 2 saturated heterocycles. The minimum Gasteiger partial charge on any atom is -0.368 e. The number of piperidine rings is 1. The first kappa shape index (κ1) is 13.2. The van der Waals surface area contributed by atoms with Gasteiger partial charge in [0.25, 0.3) is 0 Å². The molecule has 2 unspecified atom stereocenters. The van der Waals surface area contributed by atoms with Crippen molar-refractivity contribution in [3.05, 3.63) is 0 Å². The fourth-order valence-electron chi connectivity index (χ4n) is 2.50. The Labute approximate surface area is 108 Å². The molecule has 1 amide bonds. The van der Waals surface area contributed by atoms with Crippen molar-refractivity contribution in [2.45, 2.75) is 50.1 Å². The summed E-state index contributed by atoms with van der Waals surface area (Å²) in [6, 6.07) is 0.315. The smallest absolute Gasteiger partial charge is 0.249 e. The van der Waals surface area contributed by atoms with Crippen molar-refractivity contribution in [2.24, 2.45) is 0 Å². The number of nitrogens with zero attached hydrogens (tertiary/aromatic N) is 1. The molecule has 1 N–H and O–H groups in total. The predicted octanol–water partition coefficient (Wildman–Crippen LogP) is 1.02. The van der Waals surface area contributed by atoms with Crippen molar-refractivity contribution in [1.29, 1.82) is 0 Å². The van der Waals surface area contributed by atoms with Crippen LogP contribution < -0.4 is 5.32 Å². The quantitative estimate of drug-likeness (QED) is 0.743. The number of hydrogen-bond acceptors (Lipinski definition) is 4. The Bertz CT molecular complexity index is 259. The lowest BCUT2D eigenvalue weighted by molar-refractivity contribution is -0.131. The summed E-state index contributed by atoms with van der Waals surface area (Å²) in [4.78, 5) is 14.2. The van der Waals surface area contributed by atoms with Crippen LogP contribution in [-0.4, -0.2) is 48.0 Å². The number of hydrogen-bond donors (Lipinski definition) is 2. The van der Waals surface area contributed by atoms with E-state index in [0.29, 0.717) is 11.4 Å². The lowest BCUT2D eigenvalue weighted by atomic mass is 10.0. The molecule has 0 aromatic heterocycles. The zero-order chi connectivity index (χ0) is 12.3. The number of likely N-dealkylation sites (tertiary alicyclic amines) is 1. The highest BCUT2D eigenvalue weighted by molar-refractivity contribution is 7.80. The van der Waals surface area contributed by atoms with Gasteiger partial charge in [-0.15, -0.1) is 0 Å². The van der Waals surface area contributed by atoms with Crippen molar-refractivity contribution in [1.82, 2.24) is 10.2 Å². The Morgan fingerprint density at radius 2 is 2.12 bits per heavy atom. The van der Waals surface area contributed by atoms with Gasteiger partial charge >= 0.3 is 0 Å². The third kappa shape index (κ3) is 3.60. The molecular formula is C12H22N2O2S. The maximum absolute atomic E-state index is 11.9. The van der Waals surface area contributed by atoms with Crippen LogP contribution in [0, 0.1) is 0 Å². The van der Waals surface area contributed by atoms with Gasteiger partial charge in [0.2, 0.25) is 5.91 Å². The van der Waals surface area contributed by atoms with Crippen LogP contribution in [0.25, 0.3) is 0 Å². The summed E-state index contributed by atoms with van der Waals surface area (Å²) in [7, 11) is 0. The van der Waals surface area contributed by atoms with E-state index in [1.54, 1.807) is 0 Å². The molecule has 17 heavy (non-hydrogen) atoms. The average molecular weight is 258 g/mol. The highest BCUT2D eigenvalue weighted by Gasteiger charge is 2.27. The molecule has 4 nitrogen and oxygen atoms in total. The summed E-state index contributed by atoms with van der Waals surface area (Å²) in [6.45, 7) is 4.85. The van der Waals surface area contributed by atoms with Gasteiger partial charge in [-0.05, 0) is 32.6 Å². The number of carbonyl (C=O) groups is 1. The highest BCUT2D eigenvalue weighted by atomic mass is 32.1. The SMILES string of the molecule is CC(S)N1CCC(NC(=O)C2CCCO2)CC1. The van der Waals surface area contributed by atoms with Crippen molar-refractivity contribution in [3.8, 4) is 0 Å². The Morgan fingerprint density at radius 1 is 1.41 bits per heavy atom. The summed E-state index contributed by atoms with van der Waals surface area (Å²) in [6.07, 6.45) is 3.72.